The van der Waals surface area contributed by atoms with Crippen LogP contribution in [0.3, 0.4) is 0 Å². The number of benzene rings is 1. The van der Waals surface area contributed by atoms with Gasteiger partial charge in [-0.1, -0.05) is 24.3 Å². The Morgan fingerprint density at radius 2 is 1.91 bits per heavy atom. The number of allylic oxidation sites excluding steroid dienone is 2. The first kappa shape index (κ1) is 28.2. The summed E-state index contributed by atoms with van der Waals surface area (Å²) in [5, 5.41) is 13.2. The van der Waals surface area contributed by atoms with Crippen LogP contribution in [0.15, 0.2) is 71.9 Å². The first-order chi connectivity index (χ1) is 16.6. The fourth-order valence-corrected chi connectivity index (χ4v) is 4.68. The van der Waals surface area contributed by atoms with E-state index in [0.717, 1.165) is 0 Å². The minimum atomic E-state index is -1.71. The second-order valence-electron chi connectivity index (χ2n) is 7.98. The third-order valence-electron chi connectivity index (χ3n) is 5.39. The summed E-state index contributed by atoms with van der Waals surface area (Å²) in [5.74, 6) is -0.718. The van der Waals surface area contributed by atoms with Crippen molar-refractivity contribution in [1.29, 1.82) is 0 Å². The molecule has 1 heterocycles. The average Bonchev–Trinajstić information content (AvgIpc) is 2.82. The Morgan fingerprint density at radius 1 is 1.23 bits per heavy atom. The van der Waals surface area contributed by atoms with Crippen LogP contribution < -0.4 is 0 Å². The predicted molar refractivity (Wildman–Crippen MR) is 134 cm³/mol. The van der Waals surface area contributed by atoms with Crippen molar-refractivity contribution in [2.24, 2.45) is 0 Å². The lowest BCUT2D eigenvalue weighted by atomic mass is 9.81. The van der Waals surface area contributed by atoms with Crippen LogP contribution in [0.1, 0.15) is 19.4 Å². The van der Waals surface area contributed by atoms with Crippen molar-refractivity contribution in [2.75, 3.05) is 40.5 Å². The van der Waals surface area contributed by atoms with Gasteiger partial charge in [0.1, 0.15) is 6.61 Å². The molecule has 0 spiro atoms. The quantitative estimate of drug-likeness (QED) is 0.130. The maximum Gasteiger partial charge on any atom is 0.339 e. The van der Waals surface area contributed by atoms with Gasteiger partial charge in [-0.15, -0.1) is 13.2 Å². The topological polar surface area (TPSA) is 111 Å². The molecule has 2 unspecified atom stereocenters. The zero-order valence-corrected chi connectivity index (χ0v) is 21.6. The van der Waals surface area contributed by atoms with Gasteiger partial charge in [-0.05, 0) is 27.9 Å². The number of carbonyl (C=O) groups excluding carboxylic acids is 1. The van der Waals surface area contributed by atoms with Crippen LogP contribution in [0.25, 0.3) is 0 Å². The number of likely N-dealkylation sites (N-methyl/N-ethyl adjacent to an activating group) is 1. The molecule has 2 atom stereocenters. The number of hydrogen-bond acceptors (Lipinski definition) is 9. The van der Waals surface area contributed by atoms with Gasteiger partial charge in [0.25, 0.3) is 5.69 Å². The number of carbonyl (C=O) groups is 1. The van der Waals surface area contributed by atoms with Crippen LogP contribution in [-0.2, 0) is 29.3 Å². The highest BCUT2D eigenvalue weighted by atomic mass is 31.1. The number of nitro groups is 1. The highest BCUT2D eigenvalue weighted by Crippen LogP contribution is 2.52. The Kier molecular flexibility index (Phi) is 10.2. The molecule has 1 aliphatic heterocycles. The number of esters is 1. The summed E-state index contributed by atoms with van der Waals surface area (Å²) in [4.78, 5) is 32.2. The lowest BCUT2D eigenvalue weighted by Crippen LogP contribution is -2.45. The number of nitrogens with zero attached hydrogens (tertiary/aromatic N) is 3. The van der Waals surface area contributed by atoms with Crippen LogP contribution in [0.5, 0.6) is 0 Å². The van der Waals surface area contributed by atoms with Gasteiger partial charge in [-0.25, -0.2) is 9.86 Å². The molecule has 0 saturated carbocycles. The highest BCUT2D eigenvalue weighted by Gasteiger charge is 2.51. The third-order valence-corrected chi connectivity index (χ3v) is 6.45. The summed E-state index contributed by atoms with van der Waals surface area (Å²) in [6, 6.07) is 5.73. The van der Waals surface area contributed by atoms with E-state index in [0.29, 0.717) is 17.9 Å². The Labute approximate surface area is 206 Å². The third kappa shape index (κ3) is 5.97. The normalized spacial score (nSPS) is 18.5. The maximum absolute atomic E-state index is 13.6. The first-order valence-electron chi connectivity index (χ1n) is 10.9. The predicted octanol–water partition coefficient (Wildman–Crippen LogP) is 3.79. The van der Waals surface area contributed by atoms with E-state index in [2.05, 4.69) is 13.2 Å². The van der Waals surface area contributed by atoms with E-state index >= 15 is 0 Å². The Hall–Kier alpha value is -3.04. The minimum absolute atomic E-state index is 0.0200. The fourth-order valence-electron chi connectivity index (χ4n) is 3.84. The first-order valence-corrected chi connectivity index (χ1v) is 11.9. The van der Waals surface area contributed by atoms with Gasteiger partial charge in [0, 0.05) is 29.6 Å². The van der Waals surface area contributed by atoms with Gasteiger partial charge in [0.05, 0.1) is 43.6 Å². The van der Waals surface area contributed by atoms with Gasteiger partial charge in [0.15, 0.2) is 5.60 Å². The van der Waals surface area contributed by atoms with Crippen molar-refractivity contribution in [2.45, 2.75) is 19.4 Å². The number of nitro benzene ring substituents is 1. The number of hydroxylamine groups is 2. The minimum Gasteiger partial charge on any atom is -0.461 e. The van der Waals surface area contributed by atoms with Crippen LogP contribution in [0.4, 0.5) is 5.69 Å². The van der Waals surface area contributed by atoms with Crippen molar-refractivity contribution in [3.63, 3.8) is 0 Å². The second-order valence-corrected chi connectivity index (χ2v) is 8.80. The molecule has 0 bridgehead atoms. The molecule has 0 radical (unpaired) electrons. The van der Waals surface area contributed by atoms with Crippen molar-refractivity contribution in [1.82, 2.24) is 9.96 Å². The van der Waals surface area contributed by atoms with E-state index in [4.69, 9.17) is 14.3 Å². The second kappa shape index (κ2) is 12.6. The van der Waals surface area contributed by atoms with E-state index in [1.54, 1.807) is 19.9 Å². The van der Waals surface area contributed by atoms with Crippen molar-refractivity contribution >= 4 is 20.1 Å². The summed E-state index contributed by atoms with van der Waals surface area (Å²) in [7, 11) is 2.02. The van der Waals surface area contributed by atoms with E-state index in [1.807, 2.05) is 19.0 Å². The highest BCUT2D eigenvalue weighted by molar-refractivity contribution is 7.29. The molecule has 0 aromatic heterocycles. The van der Waals surface area contributed by atoms with Gasteiger partial charge < -0.3 is 18.9 Å². The van der Waals surface area contributed by atoms with Gasteiger partial charge in [0.2, 0.25) is 0 Å². The number of non-ortho nitro benzene ring substituents is 1. The molecule has 10 nitrogen and oxygen atoms in total. The monoisotopic (exact) mass is 505 g/mol. The lowest BCUT2D eigenvalue weighted by molar-refractivity contribution is -0.385. The zero-order chi connectivity index (χ0) is 26.2. The fraction of sp³-hybridized carbons (Fsp3) is 0.375. The van der Waals surface area contributed by atoms with Gasteiger partial charge in [-0.2, -0.15) is 0 Å². The molecule has 0 saturated heterocycles. The molecule has 0 aliphatic carbocycles. The molecular formula is C24H32N3O7P. The summed E-state index contributed by atoms with van der Waals surface area (Å²) < 4.78 is 24.6. The van der Waals surface area contributed by atoms with Gasteiger partial charge in [-0.3, -0.25) is 15.0 Å². The van der Waals surface area contributed by atoms with E-state index in [-0.39, 0.29) is 42.0 Å². The van der Waals surface area contributed by atoms with Crippen molar-refractivity contribution < 1.29 is 28.6 Å². The molecule has 1 aliphatic rings. The zero-order valence-electron chi connectivity index (χ0n) is 20.5. The molecular weight excluding hydrogens is 473 g/mol. The molecule has 2 rings (SSSR count). The molecule has 35 heavy (non-hydrogen) atoms. The van der Waals surface area contributed by atoms with E-state index in [1.165, 1.54) is 35.4 Å². The molecule has 1 aromatic carbocycles. The Balaban J connectivity index is 2.87. The molecule has 1 aromatic rings. The number of ether oxygens (including phenoxy) is 2. The molecule has 0 N–H and O–H groups in total. The van der Waals surface area contributed by atoms with E-state index < -0.39 is 25.0 Å². The van der Waals surface area contributed by atoms with Crippen LogP contribution in [0, 0.1) is 10.1 Å². The van der Waals surface area contributed by atoms with Crippen LogP contribution >= 0.6 is 8.46 Å². The summed E-state index contributed by atoms with van der Waals surface area (Å²) >= 11 is 0. The van der Waals surface area contributed by atoms with Crippen molar-refractivity contribution in [3.8, 4) is 0 Å². The molecule has 0 amide bonds. The number of hydrogen-bond donors (Lipinski definition) is 0. The van der Waals surface area contributed by atoms with E-state index in [9.17, 15) is 19.5 Å². The Bertz CT molecular complexity index is 1070. The average molecular weight is 506 g/mol. The molecule has 11 heteroatoms. The summed E-state index contributed by atoms with van der Waals surface area (Å²) in [5.41, 5.74) is -0.846. The lowest BCUT2D eigenvalue weighted by Gasteiger charge is -2.43. The number of rotatable bonds is 13. The summed E-state index contributed by atoms with van der Waals surface area (Å²) in [6.45, 7) is 11.3. The summed E-state index contributed by atoms with van der Waals surface area (Å²) in [6.07, 6.45) is 3.02. The smallest absolute Gasteiger partial charge is 0.339 e. The molecule has 190 valence electrons. The maximum atomic E-state index is 13.6. The SMILES string of the molecule is C=CCON1C(C)=C([PH2]=O)C(OCC=C)(c2cccc([N+](=O)[O-])c2)C(C(=O)OCCN(C)C)=C1C. The van der Waals surface area contributed by atoms with Crippen LogP contribution in [-0.4, -0.2) is 61.3 Å². The Morgan fingerprint density at radius 3 is 2.49 bits per heavy atom. The standard InChI is InChI=1S/C24H32N3O7P/c1-7-13-33-24(19-10-9-11-20(16-19)27(29)30)21(23(28)32-15-12-25(5)6)17(3)26(34-14-8-2)18(4)22(24)35-31/h7-11,16H,1-2,12-15,35H2,3-6H3. The van der Waals surface area contributed by atoms with Crippen LogP contribution in [0.2, 0.25) is 0 Å². The molecule has 0 fully saturated rings. The largest absolute Gasteiger partial charge is 0.461 e. The van der Waals surface area contributed by atoms with Gasteiger partial charge >= 0.3 is 5.97 Å². The van der Waals surface area contributed by atoms with Crippen molar-refractivity contribution in [3.05, 3.63) is 87.5 Å².